The molecule has 1 aliphatic carbocycles. The maximum absolute atomic E-state index is 14.7. The fourth-order valence-corrected chi connectivity index (χ4v) is 7.55. The van der Waals surface area contributed by atoms with E-state index in [1.807, 2.05) is 56.3 Å². The molecule has 8 nitrogen and oxygen atoms in total. The van der Waals surface area contributed by atoms with Gasteiger partial charge in [0.05, 0.1) is 17.2 Å². The van der Waals surface area contributed by atoms with E-state index in [0.29, 0.717) is 17.4 Å². The lowest BCUT2D eigenvalue weighted by atomic mass is 10.0. The molecule has 1 saturated carbocycles. The molecule has 4 aromatic carbocycles. The molecule has 10 heteroatoms. The number of para-hydroxylation sites is 2. The Morgan fingerprint density at radius 1 is 0.875 bits per heavy atom. The molecule has 48 heavy (non-hydrogen) atoms. The topological polar surface area (TPSA) is 96.0 Å². The van der Waals surface area contributed by atoms with Gasteiger partial charge < -0.3 is 15.0 Å². The maximum atomic E-state index is 14.7. The number of sulfonamides is 1. The molecule has 0 heterocycles. The van der Waals surface area contributed by atoms with E-state index in [1.165, 1.54) is 17.0 Å². The third-order valence-electron chi connectivity index (χ3n) is 8.56. The van der Waals surface area contributed by atoms with E-state index in [9.17, 15) is 18.0 Å². The van der Waals surface area contributed by atoms with Crippen LogP contribution >= 0.6 is 11.6 Å². The van der Waals surface area contributed by atoms with Crippen LogP contribution in [-0.4, -0.2) is 50.4 Å². The number of carbonyl (C=O) groups is 2. The van der Waals surface area contributed by atoms with Gasteiger partial charge in [-0.3, -0.25) is 13.9 Å². The van der Waals surface area contributed by atoms with Gasteiger partial charge in [-0.05, 0) is 74.2 Å². The molecule has 0 spiro atoms. The Kier molecular flexibility index (Phi) is 11.8. The van der Waals surface area contributed by atoms with Crippen molar-refractivity contribution in [1.29, 1.82) is 0 Å². The maximum Gasteiger partial charge on any atom is 0.264 e. The second-order valence-electron chi connectivity index (χ2n) is 12.1. The number of carbonyl (C=O) groups excluding carboxylic acids is 2. The average molecular weight is 688 g/mol. The number of hydrogen-bond donors (Lipinski definition) is 1. The van der Waals surface area contributed by atoms with Crippen LogP contribution < -0.4 is 14.4 Å². The highest BCUT2D eigenvalue weighted by molar-refractivity contribution is 7.92. The molecule has 252 valence electrons. The lowest BCUT2D eigenvalue weighted by Gasteiger charge is -2.34. The summed E-state index contributed by atoms with van der Waals surface area (Å²) >= 11 is 6.19. The van der Waals surface area contributed by atoms with Crippen molar-refractivity contribution in [3.63, 3.8) is 0 Å². The van der Waals surface area contributed by atoms with Gasteiger partial charge in [-0.25, -0.2) is 8.42 Å². The summed E-state index contributed by atoms with van der Waals surface area (Å²) in [6.45, 7) is 3.49. The minimum absolute atomic E-state index is 0.0275. The largest absolute Gasteiger partial charge is 0.492 e. The quantitative estimate of drug-likeness (QED) is 0.155. The van der Waals surface area contributed by atoms with E-state index in [-0.39, 0.29) is 35.5 Å². The van der Waals surface area contributed by atoms with Crippen molar-refractivity contribution in [2.24, 2.45) is 0 Å². The number of anilines is 1. The minimum Gasteiger partial charge on any atom is -0.492 e. The summed E-state index contributed by atoms with van der Waals surface area (Å²) in [6, 6.07) is 29.0. The first-order chi connectivity index (χ1) is 23.2. The number of hydrogen-bond acceptors (Lipinski definition) is 5. The fourth-order valence-electron chi connectivity index (χ4n) is 6.00. The number of halogens is 1. The first-order valence-electron chi connectivity index (χ1n) is 16.3. The van der Waals surface area contributed by atoms with Gasteiger partial charge >= 0.3 is 0 Å². The number of rotatable bonds is 14. The van der Waals surface area contributed by atoms with Crippen molar-refractivity contribution in [2.45, 2.75) is 69.5 Å². The van der Waals surface area contributed by atoms with E-state index in [4.69, 9.17) is 16.3 Å². The van der Waals surface area contributed by atoms with Crippen molar-refractivity contribution in [3.8, 4) is 5.75 Å². The third kappa shape index (κ3) is 8.76. The molecule has 5 rings (SSSR count). The highest BCUT2D eigenvalue weighted by atomic mass is 35.5. The normalized spacial score (nSPS) is 13.9. The summed E-state index contributed by atoms with van der Waals surface area (Å²) in [7, 11) is -4.25. The number of ether oxygens (including phenoxy) is 1. The number of nitrogens with zero attached hydrogens (tertiary/aromatic N) is 2. The lowest BCUT2D eigenvalue weighted by Crippen LogP contribution is -2.54. The number of amides is 2. The van der Waals surface area contributed by atoms with E-state index >= 15 is 0 Å². The standard InChI is InChI=1S/C38H42ClN3O5S/c1-3-47-36-16-10-9-15-34(36)42(48(45,46)33-23-17-28(2)18-24-33)27-37(43)41(26-30-19-21-31(39)22-20-30)35(25-29-11-5-4-6-12-29)38(44)40-32-13-7-8-14-32/h4-6,9-12,15-24,32,35H,3,7-8,13-14,25-27H2,1-2H3,(H,40,44). The van der Waals surface area contributed by atoms with Crippen LogP contribution in [0.2, 0.25) is 5.02 Å². The average Bonchev–Trinajstić information content (AvgIpc) is 3.60. The molecular formula is C38H42ClN3O5S. The summed E-state index contributed by atoms with van der Waals surface area (Å²) in [5.74, 6) is -0.474. The summed E-state index contributed by atoms with van der Waals surface area (Å²) in [6.07, 6.45) is 4.08. The molecule has 2 amide bonds. The molecule has 0 saturated heterocycles. The molecule has 1 N–H and O–H groups in total. The van der Waals surface area contributed by atoms with Crippen LogP contribution in [0.4, 0.5) is 5.69 Å². The molecule has 4 aromatic rings. The molecule has 0 aromatic heterocycles. The highest BCUT2D eigenvalue weighted by Crippen LogP contribution is 2.33. The van der Waals surface area contributed by atoms with Crippen LogP contribution in [-0.2, 0) is 32.6 Å². The Labute approximate surface area is 288 Å². The SMILES string of the molecule is CCOc1ccccc1N(CC(=O)N(Cc1ccc(Cl)cc1)C(Cc1ccccc1)C(=O)NC1CCCC1)S(=O)(=O)c1ccc(C)cc1. The van der Waals surface area contributed by atoms with E-state index in [0.717, 1.165) is 46.7 Å². The van der Waals surface area contributed by atoms with Crippen LogP contribution in [0.25, 0.3) is 0 Å². The number of nitrogens with one attached hydrogen (secondary N) is 1. The van der Waals surface area contributed by atoms with Gasteiger partial charge in [-0.15, -0.1) is 0 Å². The van der Waals surface area contributed by atoms with Crippen molar-refractivity contribution in [3.05, 3.63) is 125 Å². The Hall–Kier alpha value is -4.34. The first kappa shape index (κ1) is 35.0. The summed E-state index contributed by atoms with van der Waals surface area (Å²) in [5, 5.41) is 3.74. The lowest BCUT2D eigenvalue weighted by molar-refractivity contribution is -0.140. The number of benzene rings is 4. The molecule has 0 aliphatic heterocycles. The second-order valence-corrected chi connectivity index (χ2v) is 14.4. The van der Waals surface area contributed by atoms with Gasteiger partial charge in [-0.1, -0.05) is 96.7 Å². The fraction of sp³-hybridized carbons (Fsp3) is 0.316. The Morgan fingerprint density at radius 3 is 2.19 bits per heavy atom. The van der Waals surface area contributed by atoms with Gasteiger partial charge in [0.1, 0.15) is 18.3 Å². The van der Waals surface area contributed by atoms with Crippen molar-refractivity contribution < 1.29 is 22.7 Å². The smallest absolute Gasteiger partial charge is 0.264 e. The zero-order chi connectivity index (χ0) is 34.1. The van der Waals surface area contributed by atoms with Gasteiger partial charge in [0.15, 0.2) is 0 Å². The van der Waals surface area contributed by atoms with Crippen molar-refractivity contribution in [2.75, 3.05) is 17.5 Å². The first-order valence-corrected chi connectivity index (χ1v) is 18.2. The summed E-state index contributed by atoms with van der Waals surface area (Å²) in [5.41, 5.74) is 2.76. The van der Waals surface area contributed by atoms with Crippen LogP contribution in [0.5, 0.6) is 5.75 Å². The molecule has 0 radical (unpaired) electrons. The van der Waals surface area contributed by atoms with Crippen LogP contribution in [0.15, 0.2) is 108 Å². The summed E-state index contributed by atoms with van der Waals surface area (Å²) in [4.78, 5) is 30.4. The van der Waals surface area contributed by atoms with Crippen molar-refractivity contribution in [1.82, 2.24) is 10.2 Å². The Morgan fingerprint density at radius 2 is 1.52 bits per heavy atom. The van der Waals surface area contributed by atoms with E-state index in [1.54, 1.807) is 48.5 Å². The Bertz CT molecular complexity index is 1780. The van der Waals surface area contributed by atoms with Gasteiger partial charge in [0, 0.05) is 24.0 Å². The molecule has 1 atom stereocenters. The molecule has 1 aliphatic rings. The number of aryl methyl sites for hydroxylation is 1. The highest BCUT2D eigenvalue weighted by Gasteiger charge is 2.36. The van der Waals surface area contributed by atoms with Gasteiger partial charge in [0.2, 0.25) is 11.8 Å². The zero-order valence-corrected chi connectivity index (χ0v) is 28.9. The third-order valence-corrected chi connectivity index (χ3v) is 10.6. The molecule has 0 bridgehead atoms. The predicted molar refractivity (Wildman–Crippen MR) is 190 cm³/mol. The van der Waals surface area contributed by atoms with Gasteiger partial charge in [-0.2, -0.15) is 0 Å². The zero-order valence-electron chi connectivity index (χ0n) is 27.3. The van der Waals surface area contributed by atoms with Crippen LogP contribution in [0.3, 0.4) is 0 Å². The summed E-state index contributed by atoms with van der Waals surface area (Å²) < 4.78 is 35.7. The predicted octanol–water partition coefficient (Wildman–Crippen LogP) is 6.94. The molecule has 1 unspecified atom stereocenters. The van der Waals surface area contributed by atoms with E-state index in [2.05, 4.69) is 5.32 Å². The van der Waals surface area contributed by atoms with Crippen LogP contribution in [0.1, 0.15) is 49.3 Å². The minimum atomic E-state index is -4.25. The monoisotopic (exact) mass is 687 g/mol. The Balaban J connectivity index is 1.59. The van der Waals surface area contributed by atoms with Gasteiger partial charge in [0.25, 0.3) is 10.0 Å². The van der Waals surface area contributed by atoms with Crippen LogP contribution in [0, 0.1) is 6.92 Å². The second kappa shape index (κ2) is 16.2. The van der Waals surface area contributed by atoms with E-state index < -0.39 is 28.5 Å². The van der Waals surface area contributed by atoms with Crippen molar-refractivity contribution >= 4 is 39.1 Å². The molecular weight excluding hydrogens is 646 g/mol. The molecule has 1 fully saturated rings.